The van der Waals surface area contributed by atoms with Crippen LogP contribution in [-0.2, 0) is 4.79 Å². The SMILES string of the molecule is CC(Br)CNC(=O)CC12CC3CC(C)(CC(C)(C3)C1)C2. The Labute approximate surface area is 131 Å². The zero-order chi connectivity index (χ0) is 14.6. The summed E-state index contributed by atoms with van der Waals surface area (Å²) in [7, 11) is 0. The molecule has 0 heterocycles. The minimum Gasteiger partial charge on any atom is -0.355 e. The second kappa shape index (κ2) is 4.72. The summed E-state index contributed by atoms with van der Waals surface area (Å²) in [6.45, 7) is 7.77. The number of nitrogens with one attached hydrogen (secondary N) is 1. The van der Waals surface area contributed by atoms with Gasteiger partial charge in [-0.2, -0.15) is 0 Å². The second-order valence-corrected chi connectivity index (χ2v) is 10.5. The van der Waals surface area contributed by atoms with Gasteiger partial charge in [-0.3, -0.25) is 4.79 Å². The Morgan fingerprint density at radius 3 is 2.30 bits per heavy atom. The topological polar surface area (TPSA) is 29.1 Å². The molecule has 20 heavy (non-hydrogen) atoms. The molecular weight excluding hydrogens is 314 g/mol. The highest BCUT2D eigenvalue weighted by Crippen LogP contribution is 2.70. The normalized spacial score (nSPS) is 47.3. The van der Waals surface area contributed by atoms with Crippen molar-refractivity contribution in [3.05, 3.63) is 0 Å². The van der Waals surface area contributed by atoms with Crippen LogP contribution in [0.25, 0.3) is 0 Å². The van der Waals surface area contributed by atoms with E-state index in [1.54, 1.807) is 0 Å². The third-order valence-corrected chi connectivity index (χ3v) is 6.18. The minimum atomic E-state index is 0.269. The standard InChI is InChI=1S/C17H28BrNO/c1-12(18)8-19-14(20)7-17-6-13-4-15(2,10-17)9-16(3,5-13)11-17/h12-13H,4-11H2,1-3H3,(H,19,20). The average Bonchev–Trinajstić information content (AvgIpc) is 2.20. The fourth-order valence-corrected chi connectivity index (χ4v) is 6.70. The second-order valence-electron chi connectivity index (χ2n) is 8.89. The molecule has 0 aromatic rings. The number of hydrogen-bond acceptors (Lipinski definition) is 1. The first-order chi connectivity index (χ1) is 9.22. The van der Waals surface area contributed by atoms with Crippen LogP contribution in [-0.4, -0.2) is 17.3 Å². The summed E-state index contributed by atoms with van der Waals surface area (Å²) in [5.41, 5.74) is 1.33. The summed E-state index contributed by atoms with van der Waals surface area (Å²) in [4.78, 5) is 12.7. The van der Waals surface area contributed by atoms with Gasteiger partial charge in [0.25, 0.3) is 0 Å². The number of hydrogen-bond donors (Lipinski definition) is 1. The fourth-order valence-electron chi connectivity index (χ4n) is 6.54. The molecule has 0 aliphatic heterocycles. The van der Waals surface area contributed by atoms with Crippen LogP contribution < -0.4 is 5.32 Å². The molecule has 4 rings (SSSR count). The van der Waals surface area contributed by atoms with Crippen molar-refractivity contribution in [2.24, 2.45) is 22.2 Å². The molecule has 2 nitrogen and oxygen atoms in total. The lowest BCUT2D eigenvalue weighted by atomic mass is 9.40. The molecule has 1 N–H and O–H groups in total. The Morgan fingerprint density at radius 2 is 1.80 bits per heavy atom. The molecule has 0 spiro atoms. The van der Waals surface area contributed by atoms with Crippen LogP contribution in [0.4, 0.5) is 0 Å². The van der Waals surface area contributed by atoms with Crippen LogP contribution in [0.2, 0.25) is 0 Å². The van der Waals surface area contributed by atoms with E-state index < -0.39 is 0 Å². The summed E-state index contributed by atoms with van der Waals surface area (Å²) in [6.07, 6.45) is 8.82. The van der Waals surface area contributed by atoms with Gasteiger partial charge in [0.2, 0.25) is 5.91 Å². The third-order valence-electron chi connectivity index (χ3n) is 5.86. The van der Waals surface area contributed by atoms with Gasteiger partial charge in [0, 0.05) is 17.8 Å². The van der Waals surface area contributed by atoms with E-state index in [1.165, 1.54) is 38.5 Å². The monoisotopic (exact) mass is 341 g/mol. The predicted octanol–water partition coefficient (Wildman–Crippen LogP) is 4.27. The van der Waals surface area contributed by atoms with E-state index in [1.807, 2.05) is 0 Å². The first-order valence-corrected chi connectivity index (χ1v) is 9.04. The van der Waals surface area contributed by atoms with Crippen LogP contribution in [0.15, 0.2) is 0 Å². The van der Waals surface area contributed by atoms with Gasteiger partial charge in [0.1, 0.15) is 0 Å². The summed E-state index contributed by atoms with van der Waals surface area (Å²) in [6, 6.07) is 0. The van der Waals surface area contributed by atoms with Crippen molar-refractivity contribution in [3.63, 3.8) is 0 Å². The molecule has 4 fully saturated rings. The van der Waals surface area contributed by atoms with Crippen molar-refractivity contribution in [1.29, 1.82) is 0 Å². The Hall–Kier alpha value is -0.0500. The van der Waals surface area contributed by atoms with E-state index in [2.05, 4.69) is 42.0 Å². The summed E-state index contributed by atoms with van der Waals surface area (Å²) >= 11 is 3.50. The van der Waals surface area contributed by atoms with E-state index in [4.69, 9.17) is 0 Å². The smallest absolute Gasteiger partial charge is 0.220 e. The van der Waals surface area contributed by atoms with Crippen molar-refractivity contribution in [3.8, 4) is 0 Å². The number of carbonyl (C=O) groups is 1. The largest absolute Gasteiger partial charge is 0.355 e. The number of amides is 1. The summed E-state index contributed by atoms with van der Waals surface area (Å²) in [5, 5.41) is 3.10. The number of halogens is 1. The summed E-state index contributed by atoms with van der Waals surface area (Å²) < 4.78 is 0. The lowest BCUT2D eigenvalue weighted by Gasteiger charge is -2.65. The van der Waals surface area contributed by atoms with Crippen LogP contribution in [0.3, 0.4) is 0 Å². The van der Waals surface area contributed by atoms with Crippen molar-refractivity contribution in [1.82, 2.24) is 5.32 Å². The lowest BCUT2D eigenvalue weighted by Crippen LogP contribution is -2.56. The van der Waals surface area contributed by atoms with Crippen molar-refractivity contribution in [2.45, 2.75) is 70.5 Å². The van der Waals surface area contributed by atoms with E-state index in [9.17, 15) is 4.79 Å². The molecule has 3 unspecified atom stereocenters. The molecule has 0 aromatic heterocycles. The highest BCUT2D eigenvalue weighted by Gasteiger charge is 2.60. The summed E-state index contributed by atoms with van der Waals surface area (Å²) in [5.74, 6) is 1.15. The molecular formula is C17H28BrNO. The van der Waals surface area contributed by atoms with Gasteiger partial charge in [-0.25, -0.2) is 0 Å². The number of alkyl halides is 1. The molecule has 4 bridgehead atoms. The first kappa shape index (κ1) is 14.9. The van der Waals surface area contributed by atoms with Crippen molar-refractivity contribution < 1.29 is 4.79 Å². The molecule has 0 radical (unpaired) electrons. The van der Waals surface area contributed by atoms with E-state index in [0.717, 1.165) is 18.9 Å². The number of carbonyl (C=O) groups excluding carboxylic acids is 1. The lowest BCUT2D eigenvalue weighted by molar-refractivity contribution is -0.156. The fraction of sp³-hybridized carbons (Fsp3) is 0.941. The minimum absolute atomic E-state index is 0.269. The Balaban J connectivity index is 1.71. The molecule has 1 amide bonds. The molecule has 0 saturated heterocycles. The van der Waals surface area contributed by atoms with Crippen molar-refractivity contribution >= 4 is 21.8 Å². The molecule has 0 aromatic carbocycles. The van der Waals surface area contributed by atoms with Gasteiger partial charge < -0.3 is 5.32 Å². The van der Waals surface area contributed by atoms with E-state index in [-0.39, 0.29) is 5.91 Å². The van der Waals surface area contributed by atoms with Gasteiger partial charge in [-0.05, 0) is 60.7 Å². The van der Waals surface area contributed by atoms with Gasteiger partial charge in [0.15, 0.2) is 0 Å². The quantitative estimate of drug-likeness (QED) is 0.760. The zero-order valence-corrected chi connectivity index (χ0v) is 14.7. The van der Waals surface area contributed by atoms with E-state index in [0.29, 0.717) is 21.1 Å². The van der Waals surface area contributed by atoms with Crippen LogP contribution in [0.5, 0.6) is 0 Å². The van der Waals surface area contributed by atoms with Crippen LogP contribution in [0.1, 0.15) is 65.7 Å². The van der Waals surface area contributed by atoms with Crippen LogP contribution >= 0.6 is 15.9 Å². The van der Waals surface area contributed by atoms with E-state index >= 15 is 0 Å². The van der Waals surface area contributed by atoms with Gasteiger partial charge in [-0.15, -0.1) is 0 Å². The van der Waals surface area contributed by atoms with Gasteiger partial charge in [0.05, 0.1) is 0 Å². The maximum absolute atomic E-state index is 12.3. The molecule has 4 saturated carbocycles. The predicted molar refractivity (Wildman–Crippen MR) is 85.9 cm³/mol. The average molecular weight is 342 g/mol. The molecule has 114 valence electrons. The maximum atomic E-state index is 12.3. The first-order valence-electron chi connectivity index (χ1n) is 8.13. The molecule has 4 aliphatic carbocycles. The maximum Gasteiger partial charge on any atom is 0.220 e. The van der Waals surface area contributed by atoms with Gasteiger partial charge in [-0.1, -0.05) is 36.7 Å². The highest BCUT2D eigenvalue weighted by atomic mass is 79.9. The number of rotatable bonds is 4. The Morgan fingerprint density at radius 1 is 1.20 bits per heavy atom. The Kier molecular flexibility index (Phi) is 3.51. The Bertz CT molecular complexity index is 401. The van der Waals surface area contributed by atoms with Crippen molar-refractivity contribution in [2.75, 3.05) is 6.54 Å². The molecule has 3 heteroatoms. The third kappa shape index (κ3) is 2.80. The zero-order valence-electron chi connectivity index (χ0n) is 13.1. The highest BCUT2D eigenvalue weighted by molar-refractivity contribution is 9.09. The molecule has 3 atom stereocenters. The van der Waals surface area contributed by atoms with Gasteiger partial charge >= 0.3 is 0 Å². The van der Waals surface area contributed by atoms with Crippen LogP contribution in [0, 0.1) is 22.2 Å². The molecule has 4 aliphatic rings.